The van der Waals surface area contributed by atoms with Gasteiger partial charge in [0.15, 0.2) is 0 Å². The van der Waals surface area contributed by atoms with Gasteiger partial charge in [0.25, 0.3) is 0 Å². The lowest BCUT2D eigenvalue weighted by Gasteiger charge is -2.16. The third-order valence-electron chi connectivity index (χ3n) is 2.71. The first kappa shape index (κ1) is 14.7. The van der Waals surface area contributed by atoms with E-state index in [1.807, 2.05) is 11.4 Å². The molecule has 1 heterocycles. The molecule has 0 aliphatic rings. The van der Waals surface area contributed by atoms with Crippen molar-refractivity contribution >= 4 is 38.9 Å². The van der Waals surface area contributed by atoms with Gasteiger partial charge in [-0.25, -0.2) is 0 Å². The number of methoxy groups -OCH3 is 2. The molecule has 0 amide bonds. The van der Waals surface area contributed by atoms with E-state index < -0.39 is 6.10 Å². The number of hydrogen-bond donors (Lipinski definition) is 1. The molecule has 0 saturated heterocycles. The molecule has 6 heteroatoms. The first-order valence-electron chi connectivity index (χ1n) is 5.40. The number of halogens is 2. The van der Waals surface area contributed by atoms with Crippen LogP contribution >= 0.6 is 38.9 Å². The Morgan fingerprint density at radius 1 is 1.32 bits per heavy atom. The Balaban J connectivity index is 2.47. The topological polar surface area (TPSA) is 38.7 Å². The van der Waals surface area contributed by atoms with Gasteiger partial charge in [0.05, 0.1) is 18.0 Å². The van der Waals surface area contributed by atoms with E-state index in [0.717, 1.165) is 9.35 Å². The molecule has 1 aromatic heterocycles. The Kier molecular flexibility index (Phi) is 4.73. The largest absolute Gasteiger partial charge is 0.495 e. The summed E-state index contributed by atoms with van der Waals surface area (Å²) in [6, 6.07) is 5.33. The number of aliphatic hydroxyl groups excluding tert-OH is 1. The Labute approximate surface area is 128 Å². The first-order valence-corrected chi connectivity index (χ1v) is 7.46. The van der Waals surface area contributed by atoms with Crippen molar-refractivity contribution in [2.75, 3.05) is 14.2 Å². The summed E-state index contributed by atoms with van der Waals surface area (Å²) >= 11 is 11.1. The zero-order valence-corrected chi connectivity index (χ0v) is 13.5. The quantitative estimate of drug-likeness (QED) is 0.882. The van der Waals surface area contributed by atoms with Crippen LogP contribution in [-0.4, -0.2) is 19.3 Å². The molecule has 0 bridgehead atoms. The summed E-state index contributed by atoms with van der Waals surface area (Å²) in [6.07, 6.45) is -0.791. The van der Waals surface area contributed by atoms with E-state index in [9.17, 15) is 5.11 Å². The maximum atomic E-state index is 10.4. The van der Waals surface area contributed by atoms with Crippen LogP contribution in [0.4, 0.5) is 0 Å². The molecule has 1 aromatic carbocycles. The summed E-state index contributed by atoms with van der Waals surface area (Å²) in [4.78, 5) is 0. The Morgan fingerprint density at radius 3 is 2.58 bits per heavy atom. The van der Waals surface area contributed by atoms with Crippen molar-refractivity contribution in [2.45, 2.75) is 6.10 Å². The van der Waals surface area contributed by atoms with Gasteiger partial charge < -0.3 is 14.6 Å². The molecular formula is C13H12BrClO3S. The van der Waals surface area contributed by atoms with Crippen LogP contribution in [-0.2, 0) is 0 Å². The second-order valence-corrected chi connectivity index (χ2v) is 6.46. The summed E-state index contributed by atoms with van der Waals surface area (Å²) in [5, 5.41) is 12.7. The second-order valence-electron chi connectivity index (χ2n) is 3.79. The number of rotatable bonds is 4. The number of thiophene rings is 1. The van der Waals surface area contributed by atoms with Gasteiger partial charge >= 0.3 is 0 Å². The summed E-state index contributed by atoms with van der Waals surface area (Å²) < 4.78 is 11.4. The van der Waals surface area contributed by atoms with Crippen LogP contribution in [0, 0.1) is 0 Å². The van der Waals surface area contributed by atoms with Gasteiger partial charge in [-0.1, -0.05) is 11.6 Å². The highest BCUT2D eigenvalue weighted by atomic mass is 79.9. The Morgan fingerprint density at radius 2 is 2.05 bits per heavy atom. The minimum atomic E-state index is -0.791. The molecule has 3 nitrogen and oxygen atoms in total. The molecular weight excluding hydrogens is 352 g/mol. The van der Waals surface area contributed by atoms with Crippen LogP contribution < -0.4 is 9.47 Å². The third kappa shape index (κ3) is 2.89. The molecule has 0 aliphatic heterocycles. The van der Waals surface area contributed by atoms with Crippen molar-refractivity contribution in [3.05, 3.63) is 43.5 Å². The molecule has 1 N–H and O–H groups in total. The van der Waals surface area contributed by atoms with Crippen molar-refractivity contribution in [1.29, 1.82) is 0 Å². The molecule has 0 saturated carbocycles. The van der Waals surface area contributed by atoms with E-state index in [4.69, 9.17) is 21.1 Å². The highest BCUT2D eigenvalue weighted by Crippen LogP contribution is 2.41. The van der Waals surface area contributed by atoms with Gasteiger partial charge in [0.1, 0.15) is 22.6 Å². The molecule has 0 fully saturated rings. The summed E-state index contributed by atoms with van der Waals surface area (Å²) in [6.45, 7) is 0. The van der Waals surface area contributed by atoms with Crippen LogP contribution in [0.2, 0.25) is 5.02 Å². The molecule has 1 atom stereocenters. The lowest BCUT2D eigenvalue weighted by molar-refractivity contribution is 0.215. The zero-order valence-electron chi connectivity index (χ0n) is 10.3. The van der Waals surface area contributed by atoms with Gasteiger partial charge in [-0.2, -0.15) is 0 Å². The monoisotopic (exact) mass is 362 g/mol. The highest BCUT2D eigenvalue weighted by molar-refractivity contribution is 9.11. The van der Waals surface area contributed by atoms with Gasteiger partial charge in [0, 0.05) is 5.56 Å². The fraction of sp³-hybridized carbons (Fsp3) is 0.231. The molecule has 0 spiro atoms. The Hall–Kier alpha value is -0.750. The summed E-state index contributed by atoms with van der Waals surface area (Å²) in [5.41, 5.74) is 1.40. The van der Waals surface area contributed by atoms with Crippen LogP contribution in [0.25, 0.3) is 0 Å². The van der Waals surface area contributed by atoms with Crippen molar-refractivity contribution in [1.82, 2.24) is 0 Å². The molecule has 0 aliphatic carbocycles. The predicted molar refractivity (Wildman–Crippen MR) is 80.6 cm³/mol. The lowest BCUT2D eigenvalue weighted by Crippen LogP contribution is -2.02. The fourth-order valence-corrected chi connectivity index (χ4v) is 3.30. The van der Waals surface area contributed by atoms with Gasteiger partial charge in [-0.15, -0.1) is 11.3 Å². The molecule has 2 aromatic rings. The van der Waals surface area contributed by atoms with E-state index in [1.165, 1.54) is 25.6 Å². The molecule has 2 rings (SSSR count). The fourth-order valence-electron chi connectivity index (χ4n) is 1.78. The summed E-state index contributed by atoms with van der Waals surface area (Å²) in [7, 11) is 3.05. The first-order chi connectivity index (χ1) is 9.08. The van der Waals surface area contributed by atoms with Gasteiger partial charge in [-0.3, -0.25) is 0 Å². The highest BCUT2D eigenvalue weighted by Gasteiger charge is 2.21. The minimum absolute atomic E-state index is 0.357. The number of ether oxygens (including phenoxy) is 2. The summed E-state index contributed by atoms with van der Waals surface area (Å²) in [5.74, 6) is 0.941. The minimum Gasteiger partial charge on any atom is -0.495 e. The SMILES string of the molecule is COc1ccc(C(O)c2csc(Br)c2)c(OC)c1Cl. The number of hydrogen-bond acceptors (Lipinski definition) is 4. The van der Waals surface area contributed by atoms with E-state index in [2.05, 4.69) is 15.9 Å². The predicted octanol–water partition coefficient (Wildman–Crippen LogP) is 4.26. The average Bonchev–Trinajstić information content (AvgIpc) is 2.84. The van der Waals surface area contributed by atoms with Gasteiger partial charge in [0.2, 0.25) is 0 Å². The zero-order chi connectivity index (χ0) is 14.0. The second kappa shape index (κ2) is 6.13. The van der Waals surface area contributed by atoms with Crippen LogP contribution in [0.3, 0.4) is 0 Å². The smallest absolute Gasteiger partial charge is 0.147 e. The van der Waals surface area contributed by atoms with E-state index in [1.54, 1.807) is 12.1 Å². The van der Waals surface area contributed by atoms with Crippen molar-refractivity contribution in [3.8, 4) is 11.5 Å². The maximum Gasteiger partial charge on any atom is 0.147 e. The van der Waals surface area contributed by atoms with Crippen LogP contribution in [0.5, 0.6) is 11.5 Å². The Bertz CT molecular complexity index is 585. The van der Waals surface area contributed by atoms with Crippen LogP contribution in [0.1, 0.15) is 17.2 Å². The van der Waals surface area contributed by atoms with Crippen molar-refractivity contribution in [2.24, 2.45) is 0 Å². The standard InChI is InChI=1S/C13H12BrClO3S/c1-17-9-4-3-8(13(18-2)11(9)15)12(16)7-5-10(14)19-6-7/h3-6,12,16H,1-2H3. The van der Waals surface area contributed by atoms with Gasteiger partial charge in [-0.05, 0) is 45.1 Å². The number of aliphatic hydroxyl groups is 1. The van der Waals surface area contributed by atoms with E-state index >= 15 is 0 Å². The van der Waals surface area contributed by atoms with E-state index in [-0.39, 0.29) is 0 Å². The molecule has 19 heavy (non-hydrogen) atoms. The molecule has 1 unspecified atom stereocenters. The number of benzene rings is 1. The molecule has 102 valence electrons. The average molecular weight is 364 g/mol. The maximum absolute atomic E-state index is 10.4. The van der Waals surface area contributed by atoms with Crippen LogP contribution in [0.15, 0.2) is 27.4 Å². The van der Waals surface area contributed by atoms with Crippen molar-refractivity contribution < 1.29 is 14.6 Å². The lowest BCUT2D eigenvalue weighted by atomic mass is 10.0. The normalized spacial score (nSPS) is 12.3. The van der Waals surface area contributed by atoms with E-state index in [0.29, 0.717) is 22.1 Å². The molecule has 0 radical (unpaired) electrons. The van der Waals surface area contributed by atoms with Crippen molar-refractivity contribution in [3.63, 3.8) is 0 Å². The third-order valence-corrected chi connectivity index (χ3v) is 4.59.